The Kier molecular flexibility index (Phi) is 7.05. The normalized spacial score (nSPS) is 15.1. The molecule has 5 rings (SSSR count). The van der Waals surface area contributed by atoms with E-state index in [2.05, 4.69) is 30.4 Å². The van der Waals surface area contributed by atoms with Gasteiger partial charge in [0.25, 0.3) is 0 Å². The first-order valence-electron chi connectivity index (χ1n) is 12.1. The van der Waals surface area contributed by atoms with Crippen LogP contribution >= 0.6 is 11.6 Å². The maximum atomic E-state index is 9.83. The molecule has 1 unspecified atom stereocenters. The van der Waals surface area contributed by atoms with Crippen LogP contribution in [0.2, 0.25) is 5.02 Å². The van der Waals surface area contributed by atoms with Crippen LogP contribution in [0.5, 0.6) is 5.75 Å². The largest absolute Gasteiger partial charge is 0.497 e. The third-order valence-corrected chi connectivity index (χ3v) is 6.80. The number of halogens is 1. The molecule has 1 aliphatic heterocycles. The molecule has 3 heterocycles. The molecule has 0 spiro atoms. The minimum absolute atomic E-state index is 0.353. The molecule has 37 heavy (non-hydrogen) atoms. The molecule has 2 aromatic carbocycles. The van der Waals surface area contributed by atoms with E-state index < -0.39 is 6.23 Å². The van der Waals surface area contributed by atoms with Crippen LogP contribution in [0.3, 0.4) is 0 Å². The molecular weight excluding hydrogens is 492 g/mol. The quantitative estimate of drug-likeness (QED) is 0.387. The number of nitrogens with zero attached hydrogens (tertiary/aromatic N) is 7. The van der Waals surface area contributed by atoms with E-state index in [9.17, 15) is 5.11 Å². The number of aliphatic hydroxyl groups excluding tert-OH is 1. The monoisotopic (exact) mass is 520 g/mol. The summed E-state index contributed by atoms with van der Waals surface area (Å²) >= 11 is 6.46. The Morgan fingerprint density at radius 3 is 2.51 bits per heavy atom. The number of aliphatic hydroxyl groups is 1. The molecule has 1 fully saturated rings. The number of ether oxygens (including phenoxy) is 1. The van der Waals surface area contributed by atoms with Gasteiger partial charge in [-0.15, -0.1) is 10.2 Å². The zero-order valence-corrected chi connectivity index (χ0v) is 22.0. The number of methoxy groups -OCH3 is 1. The molecule has 0 bridgehead atoms. The Labute approximate surface area is 220 Å². The zero-order chi connectivity index (χ0) is 26.1. The number of hydrogen-bond donors (Lipinski definition) is 2. The van der Waals surface area contributed by atoms with Crippen molar-refractivity contribution in [1.29, 1.82) is 0 Å². The number of aryl methyl sites for hydroxylation is 2. The number of benzene rings is 2. The van der Waals surface area contributed by atoms with Crippen LogP contribution in [0.4, 0.5) is 17.6 Å². The summed E-state index contributed by atoms with van der Waals surface area (Å²) in [5.41, 5.74) is 4.11. The summed E-state index contributed by atoms with van der Waals surface area (Å²) in [4.78, 5) is 18.1. The predicted molar refractivity (Wildman–Crippen MR) is 145 cm³/mol. The number of fused-ring (bicyclic) bond motifs is 1. The van der Waals surface area contributed by atoms with Crippen LogP contribution in [0, 0.1) is 13.8 Å². The molecule has 2 aromatic heterocycles. The summed E-state index contributed by atoms with van der Waals surface area (Å²) in [5.74, 6) is 3.14. The molecular formula is C26H29ClN8O2. The fourth-order valence-corrected chi connectivity index (χ4v) is 4.72. The van der Waals surface area contributed by atoms with Gasteiger partial charge in [0.05, 0.1) is 12.6 Å². The predicted octanol–water partition coefficient (Wildman–Crippen LogP) is 3.96. The van der Waals surface area contributed by atoms with Crippen LogP contribution in [0.25, 0.3) is 22.2 Å². The summed E-state index contributed by atoms with van der Waals surface area (Å²) in [7, 11) is 1.63. The summed E-state index contributed by atoms with van der Waals surface area (Å²) in [5, 5.41) is 22.4. The van der Waals surface area contributed by atoms with E-state index in [1.54, 1.807) is 14.0 Å². The number of aromatic nitrogens is 5. The molecule has 1 atom stereocenters. The minimum Gasteiger partial charge on any atom is -0.497 e. The van der Waals surface area contributed by atoms with Crippen molar-refractivity contribution in [2.24, 2.45) is 0 Å². The van der Waals surface area contributed by atoms with E-state index >= 15 is 0 Å². The molecule has 0 amide bonds. The fraction of sp³-hybridized carbons (Fsp3) is 0.346. The first-order valence-corrected chi connectivity index (χ1v) is 12.5. The third-order valence-electron chi connectivity index (χ3n) is 6.47. The lowest BCUT2D eigenvalue weighted by Crippen LogP contribution is -2.49. The molecule has 10 nitrogen and oxygen atoms in total. The Morgan fingerprint density at radius 1 is 1.00 bits per heavy atom. The second kappa shape index (κ2) is 10.4. The van der Waals surface area contributed by atoms with Gasteiger partial charge in [-0.2, -0.15) is 0 Å². The van der Waals surface area contributed by atoms with Crippen LogP contribution in [-0.4, -0.2) is 74.7 Å². The molecule has 1 saturated heterocycles. The van der Waals surface area contributed by atoms with Gasteiger partial charge in [-0.3, -0.25) is 4.90 Å². The van der Waals surface area contributed by atoms with Crippen molar-refractivity contribution in [3.63, 3.8) is 0 Å². The number of nitrogens with one attached hydrogen (secondary N) is 1. The number of rotatable bonds is 6. The van der Waals surface area contributed by atoms with Crippen LogP contribution in [0.15, 0.2) is 36.4 Å². The highest BCUT2D eigenvalue weighted by Gasteiger charge is 2.21. The van der Waals surface area contributed by atoms with Gasteiger partial charge >= 0.3 is 0 Å². The average Bonchev–Trinajstić information content (AvgIpc) is 2.89. The van der Waals surface area contributed by atoms with Gasteiger partial charge in [0.2, 0.25) is 5.95 Å². The highest BCUT2D eigenvalue weighted by molar-refractivity contribution is 6.33. The summed E-state index contributed by atoms with van der Waals surface area (Å²) in [6, 6.07) is 11.4. The van der Waals surface area contributed by atoms with Crippen molar-refractivity contribution in [3.05, 3.63) is 52.8 Å². The molecule has 1 aliphatic rings. The molecule has 0 radical (unpaired) electrons. The Balaban J connectivity index is 1.40. The topological polar surface area (TPSA) is 112 Å². The van der Waals surface area contributed by atoms with Gasteiger partial charge in [-0.05, 0) is 62.2 Å². The lowest BCUT2D eigenvalue weighted by Gasteiger charge is -2.36. The van der Waals surface area contributed by atoms with Crippen LogP contribution in [-0.2, 0) is 0 Å². The molecule has 0 saturated carbocycles. The van der Waals surface area contributed by atoms with Gasteiger partial charge in [-0.25, -0.2) is 15.0 Å². The first kappa shape index (κ1) is 25.1. The van der Waals surface area contributed by atoms with Crippen molar-refractivity contribution >= 4 is 40.2 Å². The van der Waals surface area contributed by atoms with E-state index in [0.29, 0.717) is 28.1 Å². The van der Waals surface area contributed by atoms with Gasteiger partial charge < -0.3 is 20.1 Å². The lowest BCUT2D eigenvalue weighted by atomic mass is 10.0. The fourth-order valence-electron chi connectivity index (χ4n) is 4.49. The SMILES string of the molecule is COc1ccc(Cl)c(-c2cc(C)c3nc(Nc4cc(N5CCN(C(C)O)CC5)nc(C)n4)nnc3c2)c1. The highest BCUT2D eigenvalue weighted by atomic mass is 35.5. The van der Waals surface area contributed by atoms with Crippen molar-refractivity contribution in [3.8, 4) is 16.9 Å². The average molecular weight is 521 g/mol. The standard InChI is InChI=1S/C26H29ClN8O2/c1-15-11-18(20-13-19(37-4)5-6-21(20)27)12-22-25(15)31-26(33-32-22)30-23-14-24(29-16(2)28-23)35-9-7-34(8-10-35)17(3)36/h5-6,11-14,17,36H,7-10H2,1-4H3,(H,28,29,30,31,33). The number of hydrogen-bond acceptors (Lipinski definition) is 10. The Morgan fingerprint density at radius 2 is 1.78 bits per heavy atom. The van der Waals surface area contributed by atoms with E-state index in [1.165, 1.54) is 0 Å². The van der Waals surface area contributed by atoms with Gasteiger partial charge in [0.15, 0.2) is 0 Å². The zero-order valence-electron chi connectivity index (χ0n) is 21.2. The maximum Gasteiger partial charge on any atom is 0.248 e. The van der Waals surface area contributed by atoms with E-state index in [1.807, 2.05) is 55.1 Å². The first-order chi connectivity index (χ1) is 17.8. The smallest absolute Gasteiger partial charge is 0.248 e. The Hall–Kier alpha value is -3.60. The second-order valence-corrected chi connectivity index (χ2v) is 9.49. The van der Waals surface area contributed by atoms with Crippen LogP contribution in [0.1, 0.15) is 18.3 Å². The van der Waals surface area contributed by atoms with Crippen molar-refractivity contribution < 1.29 is 9.84 Å². The second-order valence-electron chi connectivity index (χ2n) is 9.08. The maximum absolute atomic E-state index is 9.83. The summed E-state index contributed by atoms with van der Waals surface area (Å²) in [6.45, 7) is 8.71. The molecule has 0 aliphatic carbocycles. The summed E-state index contributed by atoms with van der Waals surface area (Å²) < 4.78 is 5.36. The third kappa shape index (κ3) is 5.41. The number of piperazine rings is 1. The van der Waals surface area contributed by atoms with Gasteiger partial charge in [-0.1, -0.05) is 11.6 Å². The molecule has 2 N–H and O–H groups in total. The minimum atomic E-state index is -0.448. The van der Waals surface area contributed by atoms with Crippen molar-refractivity contribution in [2.45, 2.75) is 27.0 Å². The van der Waals surface area contributed by atoms with E-state index in [-0.39, 0.29) is 0 Å². The van der Waals surface area contributed by atoms with Crippen LogP contribution < -0.4 is 15.0 Å². The molecule has 4 aromatic rings. The van der Waals surface area contributed by atoms with E-state index in [0.717, 1.165) is 60.0 Å². The van der Waals surface area contributed by atoms with E-state index in [4.69, 9.17) is 21.3 Å². The highest BCUT2D eigenvalue weighted by Crippen LogP contribution is 2.34. The Bertz CT molecular complexity index is 1440. The van der Waals surface area contributed by atoms with Gasteiger partial charge in [0.1, 0.15) is 35.0 Å². The van der Waals surface area contributed by atoms with Crippen molar-refractivity contribution in [1.82, 2.24) is 30.0 Å². The number of anilines is 3. The van der Waals surface area contributed by atoms with Gasteiger partial charge in [0, 0.05) is 42.8 Å². The lowest BCUT2D eigenvalue weighted by molar-refractivity contribution is 0.0152. The van der Waals surface area contributed by atoms with Crippen molar-refractivity contribution in [2.75, 3.05) is 43.5 Å². The summed E-state index contributed by atoms with van der Waals surface area (Å²) in [6.07, 6.45) is -0.448. The molecule has 11 heteroatoms. The molecule has 192 valence electrons.